The number of fused-ring (bicyclic) bond motifs is 1. The third kappa shape index (κ3) is 7.88. The molecular formula is C35H45N5O9S. The number of benzene rings is 1. The Bertz CT molecular complexity index is 1760. The minimum atomic E-state index is -4.41. The highest BCUT2D eigenvalue weighted by atomic mass is 32.2. The Kier molecular flexibility index (Phi) is 9.83. The molecule has 1 aromatic carbocycles. The summed E-state index contributed by atoms with van der Waals surface area (Å²) in [4.78, 5) is 60.8. The van der Waals surface area contributed by atoms with Crippen LogP contribution in [0.25, 0.3) is 10.8 Å². The number of rotatable bonds is 12. The first-order valence-corrected chi connectivity index (χ1v) is 18.6. The molecule has 0 bridgehead atoms. The summed E-state index contributed by atoms with van der Waals surface area (Å²) in [5, 5.41) is 7.15. The third-order valence-corrected chi connectivity index (χ3v) is 10.7. The highest BCUT2D eigenvalue weighted by Crippen LogP contribution is 2.45. The number of hydrogen-bond donors (Lipinski definition) is 3. The monoisotopic (exact) mass is 711 g/mol. The van der Waals surface area contributed by atoms with E-state index in [4.69, 9.17) is 13.7 Å². The molecule has 2 heterocycles. The van der Waals surface area contributed by atoms with E-state index in [0.29, 0.717) is 18.7 Å². The molecule has 14 nitrogen and oxygen atoms in total. The van der Waals surface area contributed by atoms with Gasteiger partial charge in [-0.05, 0) is 67.9 Å². The van der Waals surface area contributed by atoms with E-state index < -0.39 is 75.3 Å². The van der Waals surface area contributed by atoms with E-state index >= 15 is 0 Å². The molecular weight excluding hydrogens is 666 g/mol. The average Bonchev–Trinajstić information content (AvgIpc) is 3.89. The maximum atomic E-state index is 14.4. The largest absolute Gasteiger partial charge is 0.472 e. The van der Waals surface area contributed by atoms with Crippen molar-refractivity contribution in [3.05, 3.63) is 49.2 Å². The number of likely N-dealkylation sites (tertiary alicyclic amines) is 1. The number of amides is 4. The Balaban J connectivity index is 1.25. The first-order valence-electron chi connectivity index (χ1n) is 17.2. The Morgan fingerprint density at radius 2 is 1.76 bits per heavy atom. The number of aromatic nitrogens is 1. The standard InChI is InChI=1S/C35H45N5O9S/c1-5-22-19-35(22,32(43)39-50(45,46)49-24-14-15-24)38-29(41)27-18-25(47-30-26-13-9-6-10-21(26)16-17-36-30)20-40(27)31(42)28(34(2,3)4)37-33(44)48-23-11-7-8-12-23/h5-6,9-10,13,16-17,22-25,27-28H,1,7-8,11-12,14-15,18-20H2,2-4H3,(H,37,44)(H,38,41)(H,39,43)/t22-,25-,27?,28-,35-/m1/s1. The first-order chi connectivity index (χ1) is 23.7. The molecule has 2 aromatic rings. The SMILES string of the molecule is C=C[C@@H]1C[C@]1(NC(=O)C1C[C@@H](Oc2nccc3ccccc23)CN1C(=O)[C@@H](NC(=O)OC1CCCC1)C(C)(C)C)C(=O)NS(=O)(=O)OC1CC1. The summed E-state index contributed by atoms with van der Waals surface area (Å²) in [6.45, 7) is 9.12. The summed E-state index contributed by atoms with van der Waals surface area (Å²) >= 11 is 0. The van der Waals surface area contributed by atoms with Gasteiger partial charge in [0.05, 0.1) is 12.6 Å². The molecule has 0 spiro atoms. The lowest BCUT2D eigenvalue weighted by molar-refractivity contribution is -0.143. The maximum absolute atomic E-state index is 14.4. The maximum Gasteiger partial charge on any atom is 0.408 e. The summed E-state index contributed by atoms with van der Waals surface area (Å²) in [5.74, 6) is -2.40. The number of ether oxygens (including phenoxy) is 2. The second-order valence-electron chi connectivity index (χ2n) is 14.8. The van der Waals surface area contributed by atoms with Crippen LogP contribution in [0.1, 0.15) is 72.1 Å². The molecule has 1 unspecified atom stereocenters. The van der Waals surface area contributed by atoms with Gasteiger partial charge in [-0.1, -0.05) is 45.0 Å². The van der Waals surface area contributed by atoms with E-state index in [9.17, 15) is 27.6 Å². The molecule has 3 aliphatic carbocycles. The number of alkyl carbamates (subject to hydrolysis) is 1. The Hall–Kier alpha value is -4.24. The highest BCUT2D eigenvalue weighted by molar-refractivity contribution is 7.85. The Morgan fingerprint density at radius 1 is 1.04 bits per heavy atom. The van der Waals surface area contributed by atoms with Crippen LogP contribution in [0, 0.1) is 11.3 Å². The molecule has 3 N–H and O–H groups in total. The van der Waals surface area contributed by atoms with Crippen molar-refractivity contribution in [3.8, 4) is 5.88 Å². The van der Waals surface area contributed by atoms with Crippen molar-refractivity contribution >= 4 is 44.9 Å². The van der Waals surface area contributed by atoms with Crippen molar-refractivity contribution in [2.24, 2.45) is 11.3 Å². The highest BCUT2D eigenvalue weighted by Gasteiger charge is 2.62. The number of carbonyl (C=O) groups excluding carboxylic acids is 4. The fourth-order valence-electron chi connectivity index (χ4n) is 6.75. The molecule has 15 heteroatoms. The molecule has 3 saturated carbocycles. The van der Waals surface area contributed by atoms with Gasteiger partial charge in [0, 0.05) is 23.9 Å². The first kappa shape index (κ1) is 35.6. The van der Waals surface area contributed by atoms with E-state index in [0.717, 1.165) is 36.5 Å². The van der Waals surface area contributed by atoms with Crippen LogP contribution >= 0.6 is 0 Å². The fraction of sp³-hybridized carbons (Fsp3) is 0.571. The number of hydrogen-bond acceptors (Lipinski definition) is 10. The van der Waals surface area contributed by atoms with Crippen LogP contribution in [0.4, 0.5) is 4.79 Å². The van der Waals surface area contributed by atoms with Gasteiger partial charge in [0.1, 0.15) is 29.8 Å². The van der Waals surface area contributed by atoms with Crippen LogP contribution in [0.3, 0.4) is 0 Å². The molecule has 0 radical (unpaired) electrons. The second kappa shape index (κ2) is 13.8. The zero-order valence-corrected chi connectivity index (χ0v) is 29.4. The van der Waals surface area contributed by atoms with Crippen LogP contribution < -0.4 is 20.1 Å². The molecule has 270 valence electrons. The van der Waals surface area contributed by atoms with Crippen molar-refractivity contribution in [1.29, 1.82) is 0 Å². The lowest BCUT2D eigenvalue weighted by Gasteiger charge is -2.35. The van der Waals surface area contributed by atoms with Gasteiger partial charge in [0.25, 0.3) is 5.91 Å². The zero-order valence-electron chi connectivity index (χ0n) is 28.6. The predicted molar refractivity (Wildman–Crippen MR) is 182 cm³/mol. The number of pyridine rings is 1. The summed E-state index contributed by atoms with van der Waals surface area (Å²) in [6.07, 6.45) is 5.69. The van der Waals surface area contributed by atoms with Crippen LogP contribution in [0.15, 0.2) is 49.2 Å². The smallest absolute Gasteiger partial charge is 0.408 e. The molecule has 1 aliphatic heterocycles. The molecule has 4 amide bonds. The van der Waals surface area contributed by atoms with E-state index in [2.05, 4.69) is 22.2 Å². The number of nitrogens with one attached hydrogen (secondary N) is 3. The molecule has 1 aromatic heterocycles. The van der Waals surface area contributed by atoms with E-state index in [1.807, 2.05) is 35.1 Å². The zero-order chi connectivity index (χ0) is 35.8. The number of carbonyl (C=O) groups is 4. The number of nitrogens with zero attached hydrogens (tertiary/aromatic N) is 2. The van der Waals surface area contributed by atoms with Gasteiger partial charge >= 0.3 is 16.4 Å². The van der Waals surface area contributed by atoms with Gasteiger partial charge in [0.15, 0.2) is 0 Å². The van der Waals surface area contributed by atoms with E-state index in [-0.39, 0.29) is 25.5 Å². The second-order valence-corrected chi connectivity index (χ2v) is 16.1. The Morgan fingerprint density at radius 3 is 2.42 bits per heavy atom. The van der Waals surface area contributed by atoms with Crippen LogP contribution in [-0.2, 0) is 33.6 Å². The van der Waals surface area contributed by atoms with Crippen LogP contribution in [0.5, 0.6) is 5.88 Å². The van der Waals surface area contributed by atoms with E-state index in [1.165, 1.54) is 11.0 Å². The lowest BCUT2D eigenvalue weighted by atomic mass is 9.85. The van der Waals surface area contributed by atoms with Gasteiger partial charge in [-0.3, -0.25) is 18.6 Å². The quantitative estimate of drug-likeness (QED) is 0.277. The topological polar surface area (TPSA) is 182 Å². The molecule has 4 fully saturated rings. The minimum absolute atomic E-state index is 0.0263. The molecule has 6 rings (SSSR count). The molecule has 4 aliphatic rings. The van der Waals surface area contributed by atoms with Crippen molar-refractivity contribution in [1.82, 2.24) is 25.2 Å². The van der Waals surface area contributed by atoms with Gasteiger partial charge in [0.2, 0.25) is 17.7 Å². The Labute approximate surface area is 291 Å². The molecule has 5 atom stereocenters. The van der Waals surface area contributed by atoms with Crippen molar-refractivity contribution < 1.29 is 41.3 Å². The van der Waals surface area contributed by atoms with Crippen molar-refractivity contribution in [2.75, 3.05) is 6.54 Å². The minimum Gasteiger partial charge on any atom is -0.472 e. The average molecular weight is 712 g/mol. The summed E-state index contributed by atoms with van der Waals surface area (Å²) in [6, 6.07) is 7.15. The normalized spacial score (nSPS) is 25.8. The molecule has 50 heavy (non-hydrogen) atoms. The van der Waals surface area contributed by atoms with Gasteiger partial charge in [-0.15, -0.1) is 6.58 Å². The van der Waals surface area contributed by atoms with Gasteiger partial charge in [-0.25, -0.2) is 14.5 Å². The predicted octanol–water partition coefficient (Wildman–Crippen LogP) is 3.27. The summed E-state index contributed by atoms with van der Waals surface area (Å²) in [7, 11) is -4.41. The summed E-state index contributed by atoms with van der Waals surface area (Å²) < 4.78 is 43.9. The van der Waals surface area contributed by atoms with Crippen molar-refractivity contribution in [2.45, 2.75) is 108 Å². The third-order valence-electron chi connectivity index (χ3n) is 9.77. The fourth-order valence-corrected chi connectivity index (χ4v) is 7.76. The van der Waals surface area contributed by atoms with Gasteiger partial charge in [-0.2, -0.15) is 8.42 Å². The molecule has 1 saturated heterocycles. The van der Waals surface area contributed by atoms with Crippen LogP contribution in [-0.4, -0.2) is 84.6 Å². The van der Waals surface area contributed by atoms with Gasteiger partial charge < -0.3 is 25.0 Å². The van der Waals surface area contributed by atoms with Crippen molar-refractivity contribution in [3.63, 3.8) is 0 Å². The lowest BCUT2D eigenvalue weighted by Crippen LogP contribution is -2.60. The van der Waals surface area contributed by atoms with E-state index in [1.54, 1.807) is 27.0 Å². The van der Waals surface area contributed by atoms with Crippen LogP contribution in [0.2, 0.25) is 0 Å². The summed E-state index contributed by atoms with van der Waals surface area (Å²) in [5.41, 5.74) is -2.40.